The lowest BCUT2D eigenvalue weighted by atomic mass is 10.0. The van der Waals surface area contributed by atoms with E-state index in [0.29, 0.717) is 0 Å². The maximum atomic E-state index is 13.8. The molecule has 192 valence electrons. The number of aliphatic hydroxyl groups excluding tert-OH is 1. The summed E-state index contributed by atoms with van der Waals surface area (Å²) in [5.41, 5.74) is -1.63. The number of amides is 2. The van der Waals surface area contributed by atoms with E-state index in [0.717, 1.165) is 28.9 Å². The van der Waals surface area contributed by atoms with Gasteiger partial charge < -0.3 is 14.9 Å². The van der Waals surface area contributed by atoms with E-state index in [4.69, 9.17) is 0 Å². The number of imidazole rings is 1. The van der Waals surface area contributed by atoms with Gasteiger partial charge >= 0.3 is 6.18 Å². The molecule has 1 aromatic carbocycles. The highest BCUT2D eigenvalue weighted by molar-refractivity contribution is 5.93. The molecule has 4 rings (SSSR count). The minimum Gasteiger partial charge on any atom is -0.383 e. The van der Waals surface area contributed by atoms with Crippen molar-refractivity contribution in [2.45, 2.75) is 39.1 Å². The Morgan fingerprint density at radius 2 is 1.81 bits per heavy atom. The van der Waals surface area contributed by atoms with Gasteiger partial charge in [-0.1, -0.05) is 13.8 Å². The van der Waals surface area contributed by atoms with Crippen LogP contribution in [0.5, 0.6) is 0 Å². The Balaban J connectivity index is 1.63. The average Bonchev–Trinajstić information content (AvgIpc) is 3.25. The van der Waals surface area contributed by atoms with Crippen molar-refractivity contribution in [2.24, 2.45) is 5.92 Å². The molecule has 8 nitrogen and oxygen atoms in total. The number of carbonyl (C=O) groups is 2. The molecule has 12 heteroatoms. The average molecular weight is 507 g/mol. The van der Waals surface area contributed by atoms with Crippen LogP contribution >= 0.6 is 0 Å². The van der Waals surface area contributed by atoms with Gasteiger partial charge in [-0.15, -0.1) is 0 Å². The van der Waals surface area contributed by atoms with Crippen molar-refractivity contribution in [3.8, 4) is 11.3 Å². The summed E-state index contributed by atoms with van der Waals surface area (Å²) in [6.45, 7) is 5.61. The van der Waals surface area contributed by atoms with Gasteiger partial charge in [-0.2, -0.15) is 18.3 Å². The summed E-state index contributed by atoms with van der Waals surface area (Å²) in [6.07, 6.45) is -4.80. The number of carbonyl (C=O) groups excluding carboxylic acids is 2. The van der Waals surface area contributed by atoms with Gasteiger partial charge in [0.15, 0.2) is 5.65 Å². The predicted octanol–water partition coefficient (Wildman–Crippen LogP) is 3.24. The van der Waals surface area contributed by atoms with Crippen LogP contribution in [0.2, 0.25) is 0 Å². The van der Waals surface area contributed by atoms with Gasteiger partial charge in [0.2, 0.25) is 0 Å². The van der Waals surface area contributed by atoms with E-state index in [1.54, 1.807) is 20.8 Å². The Hall–Kier alpha value is -3.54. The molecule has 2 atom stereocenters. The highest BCUT2D eigenvalue weighted by Gasteiger charge is 2.37. The Morgan fingerprint density at radius 3 is 2.39 bits per heavy atom. The first-order chi connectivity index (χ1) is 16.9. The van der Waals surface area contributed by atoms with E-state index in [-0.39, 0.29) is 42.5 Å². The zero-order valence-electron chi connectivity index (χ0n) is 19.8. The molecular formula is C24H25F4N5O3. The van der Waals surface area contributed by atoms with E-state index in [9.17, 15) is 32.3 Å². The molecule has 1 N–H and O–H groups in total. The summed E-state index contributed by atoms with van der Waals surface area (Å²) in [5.74, 6) is -1.83. The van der Waals surface area contributed by atoms with Crippen molar-refractivity contribution in [3.63, 3.8) is 0 Å². The molecule has 36 heavy (non-hydrogen) atoms. The van der Waals surface area contributed by atoms with Crippen LogP contribution in [0.4, 0.5) is 17.6 Å². The second-order valence-corrected chi connectivity index (χ2v) is 9.16. The summed E-state index contributed by atoms with van der Waals surface area (Å²) in [5, 5.41) is 14.3. The van der Waals surface area contributed by atoms with Gasteiger partial charge in [0.05, 0.1) is 11.9 Å². The molecule has 1 saturated heterocycles. The van der Waals surface area contributed by atoms with Gasteiger partial charge in [0.1, 0.15) is 23.2 Å². The number of fused-ring (bicyclic) bond motifs is 1. The lowest BCUT2D eigenvalue weighted by Crippen LogP contribution is -2.58. The minimum atomic E-state index is -4.78. The van der Waals surface area contributed by atoms with Gasteiger partial charge in [-0.25, -0.2) is 13.9 Å². The van der Waals surface area contributed by atoms with Gasteiger partial charge in [-0.3, -0.25) is 9.59 Å². The monoisotopic (exact) mass is 507 g/mol. The third-order valence-corrected chi connectivity index (χ3v) is 6.17. The molecule has 0 saturated carbocycles. The quantitative estimate of drug-likeness (QED) is 0.548. The first-order valence-electron chi connectivity index (χ1n) is 11.4. The first kappa shape index (κ1) is 25.5. The molecule has 3 heterocycles. The Kier molecular flexibility index (Phi) is 6.74. The summed E-state index contributed by atoms with van der Waals surface area (Å²) >= 11 is 0. The van der Waals surface area contributed by atoms with Crippen LogP contribution < -0.4 is 0 Å². The van der Waals surface area contributed by atoms with Crippen molar-refractivity contribution >= 4 is 17.5 Å². The number of halogens is 4. The fraction of sp³-hybridized carbons (Fsp3) is 0.417. The molecule has 1 unspecified atom stereocenters. The number of benzene rings is 1. The lowest BCUT2D eigenvalue weighted by molar-refractivity contribution is -0.146. The fourth-order valence-electron chi connectivity index (χ4n) is 4.14. The van der Waals surface area contributed by atoms with Gasteiger partial charge in [0.25, 0.3) is 11.8 Å². The van der Waals surface area contributed by atoms with E-state index in [1.807, 2.05) is 0 Å². The largest absolute Gasteiger partial charge is 0.420 e. The number of rotatable bonds is 4. The number of piperazine rings is 1. The van der Waals surface area contributed by atoms with E-state index in [1.165, 1.54) is 21.9 Å². The van der Waals surface area contributed by atoms with E-state index in [2.05, 4.69) is 10.1 Å². The van der Waals surface area contributed by atoms with Crippen molar-refractivity contribution < 1.29 is 32.3 Å². The first-order valence-corrected chi connectivity index (χ1v) is 11.4. The molecule has 2 amide bonds. The zero-order valence-corrected chi connectivity index (χ0v) is 19.8. The van der Waals surface area contributed by atoms with Gasteiger partial charge in [-0.05, 0) is 43.2 Å². The molecule has 1 fully saturated rings. The molecule has 1 aliphatic heterocycles. The Bertz CT molecular complexity index is 1290. The van der Waals surface area contributed by atoms with Crippen LogP contribution in [0.3, 0.4) is 0 Å². The number of nitrogens with zero attached hydrogens (tertiary/aromatic N) is 5. The van der Waals surface area contributed by atoms with Crippen LogP contribution in [0.15, 0.2) is 36.5 Å². The van der Waals surface area contributed by atoms with Crippen molar-refractivity contribution in [2.75, 3.05) is 19.6 Å². The maximum absolute atomic E-state index is 13.8. The molecule has 3 aromatic rings. The van der Waals surface area contributed by atoms with Crippen molar-refractivity contribution in [3.05, 3.63) is 53.6 Å². The van der Waals surface area contributed by atoms with Crippen molar-refractivity contribution in [1.82, 2.24) is 24.4 Å². The summed E-state index contributed by atoms with van der Waals surface area (Å²) in [7, 11) is 0. The third kappa shape index (κ3) is 4.90. The number of alkyl halides is 3. The van der Waals surface area contributed by atoms with Crippen LogP contribution in [0.25, 0.3) is 16.9 Å². The highest BCUT2D eigenvalue weighted by Crippen LogP contribution is 2.34. The van der Waals surface area contributed by atoms with Crippen LogP contribution in [0, 0.1) is 11.7 Å². The Labute approximate surface area is 204 Å². The molecular weight excluding hydrogens is 482 g/mol. The smallest absolute Gasteiger partial charge is 0.383 e. The SMILES string of the molecule is CC(C)C(O)C(=O)N1CCN(C(=O)c2cn3nc(-c4ccc(F)cc4)cc(C(F)(F)F)c3n2)C[C@@H]1C. The molecule has 0 radical (unpaired) electrons. The summed E-state index contributed by atoms with van der Waals surface area (Å²) in [4.78, 5) is 32.5. The maximum Gasteiger partial charge on any atom is 0.420 e. The zero-order chi connectivity index (χ0) is 26.4. The fourth-order valence-corrected chi connectivity index (χ4v) is 4.14. The molecule has 0 bridgehead atoms. The van der Waals surface area contributed by atoms with Crippen LogP contribution in [-0.4, -0.2) is 73.1 Å². The van der Waals surface area contributed by atoms with Crippen LogP contribution in [-0.2, 0) is 11.0 Å². The summed E-state index contributed by atoms with van der Waals surface area (Å²) < 4.78 is 55.7. The molecule has 2 aromatic heterocycles. The number of aliphatic hydroxyl groups is 1. The van der Waals surface area contributed by atoms with Gasteiger partial charge in [0, 0.05) is 31.2 Å². The van der Waals surface area contributed by atoms with E-state index >= 15 is 0 Å². The second-order valence-electron chi connectivity index (χ2n) is 9.16. The Morgan fingerprint density at radius 1 is 1.14 bits per heavy atom. The number of aromatic nitrogens is 3. The van der Waals surface area contributed by atoms with Crippen LogP contribution in [0.1, 0.15) is 36.8 Å². The topological polar surface area (TPSA) is 91.0 Å². The number of hydrogen-bond donors (Lipinski definition) is 1. The third-order valence-electron chi connectivity index (χ3n) is 6.17. The molecule has 1 aliphatic rings. The van der Waals surface area contributed by atoms with E-state index < -0.39 is 47.2 Å². The minimum absolute atomic E-state index is 0.0596. The second kappa shape index (κ2) is 9.49. The standard InChI is InChI=1S/C24H25F4N5O3/c1-13(2)20(34)23(36)32-9-8-31(11-14(32)3)22(35)19-12-33-21(29-19)17(24(26,27)28)10-18(30-33)15-4-6-16(25)7-5-15/h4-7,10,12-14,20,34H,8-9,11H2,1-3H3/t14-,20?/m0/s1. The summed E-state index contributed by atoms with van der Waals surface area (Å²) in [6, 6.07) is 5.26. The predicted molar refractivity (Wildman–Crippen MR) is 121 cm³/mol. The lowest BCUT2D eigenvalue weighted by Gasteiger charge is -2.40. The highest BCUT2D eigenvalue weighted by atomic mass is 19.4. The van der Waals surface area contributed by atoms with Crippen molar-refractivity contribution in [1.29, 1.82) is 0 Å². The molecule has 0 aliphatic carbocycles. The number of hydrogen-bond acceptors (Lipinski definition) is 5. The molecule has 0 spiro atoms. The normalized spacial score (nSPS) is 17.6.